The van der Waals surface area contributed by atoms with E-state index in [1.54, 1.807) is 6.08 Å². The van der Waals surface area contributed by atoms with Crippen molar-refractivity contribution in [1.29, 1.82) is 0 Å². The summed E-state index contributed by atoms with van der Waals surface area (Å²) in [6.45, 7) is 2.86. The van der Waals surface area contributed by atoms with Crippen molar-refractivity contribution in [2.75, 3.05) is 39.5 Å². The van der Waals surface area contributed by atoms with Gasteiger partial charge in [-0.1, -0.05) is 12.2 Å². The van der Waals surface area contributed by atoms with Crippen molar-refractivity contribution in [2.45, 2.75) is 50.0 Å². The molecule has 2 amide bonds. The molecule has 0 spiro atoms. The zero-order valence-electron chi connectivity index (χ0n) is 15.1. The van der Waals surface area contributed by atoms with Crippen molar-refractivity contribution < 1.29 is 24.2 Å². The van der Waals surface area contributed by atoms with Gasteiger partial charge in [-0.3, -0.25) is 14.5 Å². The van der Waals surface area contributed by atoms with Gasteiger partial charge in [0.1, 0.15) is 6.10 Å². The Morgan fingerprint density at radius 1 is 1.12 bits per heavy atom. The van der Waals surface area contributed by atoms with Gasteiger partial charge in [0.25, 0.3) is 0 Å². The lowest BCUT2D eigenvalue weighted by molar-refractivity contribution is -0.129. The number of hydrogen-bond acceptors (Lipinski definition) is 6. The predicted molar refractivity (Wildman–Crippen MR) is 94.5 cm³/mol. The maximum atomic E-state index is 12.2. The Morgan fingerprint density at radius 2 is 1.88 bits per heavy atom. The summed E-state index contributed by atoms with van der Waals surface area (Å²) in [5, 5.41) is 15.5. The number of carbonyl (C=O) groups is 2. The molecule has 0 aromatic rings. The van der Waals surface area contributed by atoms with Crippen LogP contribution in [0.25, 0.3) is 0 Å². The highest BCUT2D eigenvalue weighted by Gasteiger charge is 2.30. The monoisotopic (exact) mass is 367 g/mol. The van der Waals surface area contributed by atoms with Crippen LogP contribution in [-0.4, -0.2) is 85.6 Å². The third kappa shape index (κ3) is 5.51. The number of nitrogens with zero attached hydrogens (tertiary/aromatic N) is 1. The molecule has 3 rings (SSSR count). The van der Waals surface area contributed by atoms with Gasteiger partial charge in [-0.2, -0.15) is 0 Å². The maximum Gasteiger partial charge on any atom is 0.234 e. The molecule has 1 saturated carbocycles. The highest BCUT2D eigenvalue weighted by atomic mass is 16.5. The highest BCUT2D eigenvalue weighted by Crippen LogP contribution is 2.19. The van der Waals surface area contributed by atoms with Gasteiger partial charge in [0.05, 0.1) is 44.9 Å². The lowest BCUT2D eigenvalue weighted by Crippen LogP contribution is -2.52. The van der Waals surface area contributed by atoms with Crippen LogP contribution < -0.4 is 10.6 Å². The fourth-order valence-corrected chi connectivity index (χ4v) is 3.35. The average Bonchev–Trinajstić information content (AvgIpc) is 2.60. The smallest absolute Gasteiger partial charge is 0.234 e. The van der Waals surface area contributed by atoms with Gasteiger partial charge in [0.15, 0.2) is 0 Å². The van der Waals surface area contributed by atoms with Crippen LogP contribution >= 0.6 is 0 Å². The van der Waals surface area contributed by atoms with Crippen LogP contribution in [0, 0.1) is 0 Å². The van der Waals surface area contributed by atoms with Crippen molar-refractivity contribution in [3.8, 4) is 0 Å². The first-order valence-electron chi connectivity index (χ1n) is 9.47. The molecule has 0 bridgehead atoms. The van der Waals surface area contributed by atoms with Crippen molar-refractivity contribution in [3.63, 3.8) is 0 Å². The zero-order valence-corrected chi connectivity index (χ0v) is 15.1. The Kier molecular flexibility index (Phi) is 7.01. The van der Waals surface area contributed by atoms with Crippen LogP contribution in [0.2, 0.25) is 0 Å². The molecule has 0 aromatic carbocycles. The van der Waals surface area contributed by atoms with Gasteiger partial charge < -0.3 is 25.2 Å². The summed E-state index contributed by atoms with van der Waals surface area (Å²) in [4.78, 5) is 26.3. The molecule has 8 nitrogen and oxygen atoms in total. The third-order valence-corrected chi connectivity index (χ3v) is 5.12. The lowest BCUT2D eigenvalue weighted by atomic mass is 9.93. The van der Waals surface area contributed by atoms with Gasteiger partial charge in [-0.25, -0.2) is 0 Å². The van der Waals surface area contributed by atoms with E-state index in [1.807, 2.05) is 11.0 Å². The van der Waals surface area contributed by atoms with Crippen molar-refractivity contribution in [1.82, 2.24) is 15.5 Å². The number of aliphatic hydroxyl groups is 1. The molecule has 2 fully saturated rings. The van der Waals surface area contributed by atoms with E-state index in [1.165, 1.54) is 6.42 Å². The number of morpholine rings is 1. The van der Waals surface area contributed by atoms with E-state index in [0.717, 1.165) is 25.9 Å². The van der Waals surface area contributed by atoms with Crippen LogP contribution in [-0.2, 0) is 19.1 Å². The van der Waals surface area contributed by atoms with Gasteiger partial charge in [-0.05, 0) is 19.3 Å². The van der Waals surface area contributed by atoms with Crippen LogP contribution in [0.5, 0.6) is 0 Å². The number of aliphatic hydroxyl groups excluding tert-OH is 1. The van der Waals surface area contributed by atoms with Gasteiger partial charge >= 0.3 is 0 Å². The summed E-state index contributed by atoms with van der Waals surface area (Å²) >= 11 is 0. The summed E-state index contributed by atoms with van der Waals surface area (Å²) in [5.41, 5.74) is 0. The van der Waals surface area contributed by atoms with E-state index in [9.17, 15) is 14.7 Å². The molecule has 3 aliphatic rings. The number of nitrogens with one attached hydrogen (secondary N) is 2. The van der Waals surface area contributed by atoms with Crippen LogP contribution in [0.4, 0.5) is 0 Å². The standard InChI is InChI=1S/C18H29N3O5/c22-12-16-15(20-18(24)11-21-6-8-25-9-7-21)5-4-14(26-16)10-17(23)19-13-2-1-3-13/h4-5,13-16,22H,1-3,6-12H2,(H,19,23)(H,20,24)/t14-,15-,16+/m1/s1. The largest absolute Gasteiger partial charge is 0.394 e. The fourth-order valence-electron chi connectivity index (χ4n) is 3.35. The first-order chi connectivity index (χ1) is 12.6. The lowest BCUT2D eigenvalue weighted by Gasteiger charge is -2.33. The highest BCUT2D eigenvalue weighted by molar-refractivity contribution is 5.79. The van der Waals surface area contributed by atoms with E-state index in [-0.39, 0.29) is 37.0 Å². The SMILES string of the molecule is O=C(C[C@H]1C=C[C@@H](NC(=O)CN2CCOCC2)[C@H](CO)O1)NC1CCC1. The van der Waals surface area contributed by atoms with Gasteiger partial charge in [0.2, 0.25) is 11.8 Å². The average molecular weight is 367 g/mol. The Bertz CT molecular complexity index is 517. The second-order valence-electron chi connectivity index (χ2n) is 7.16. The summed E-state index contributed by atoms with van der Waals surface area (Å²) in [6, 6.07) is -0.0876. The molecular weight excluding hydrogens is 338 g/mol. The molecule has 2 aliphatic heterocycles. The summed E-state index contributed by atoms with van der Waals surface area (Å²) in [7, 11) is 0. The number of ether oxygens (including phenoxy) is 2. The Labute approximate surface area is 153 Å². The predicted octanol–water partition coefficient (Wildman–Crippen LogP) is -0.822. The Morgan fingerprint density at radius 3 is 2.54 bits per heavy atom. The number of carbonyl (C=O) groups excluding carboxylic acids is 2. The Hall–Kier alpha value is -1.48. The molecule has 0 radical (unpaired) electrons. The van der Waals surface area contributed by atoms with Crippen LogP contribution in [0.1, 0.15) is 25.7 Å². The number of rotatable bonds is 7. The van der Waals surface area contributed by atoms with Crippen LogP contribution in [0.15, 0.2) is 12.2 Å². The normalized spacial score (nSPS) is 29.8. The first kappa shape index (κ1) is 19.3. The molecule has 0 unspecified atom stereocenters. The molecule has 1 saturated heterocycles. The minimum Gasteiger partial charge on any atom is -0.394 e. The third-order valence-electron chi connectivity index (χ3n) is 5.12. The van der Waals surface area contributed by atoms with Crippen molar-refractivity contribution in [2.24, 2.45) is 0 Å². The molecule has 2 heterocycles. The molecule has 26 heavy (non-hydrogen) atoms. The zero-order chi connectivity index (χ0) is 18.4. The van der Waals surface area contributed by atoms with E-state index in [4.69, 9.17) is 9.47 Å². The van der Waals surface area contributed by atoms with Gasteiger partial charge in [-0.15, -0.1) is 0 Å². The van der Waals surface area contributed by atoms with E-state index in [2.05, 4.69) is 10.6 Å². The van der Waals surface area contributed by atoms with E-state index < -0.39 is 6.10 Å². The van der Waals surface area contributed by atoms with Crippen LogP contribution in [0.3, 0.4) is 0 Å². The van der Waals surface area contributed by atoms with Crippen molar-refractivity contribution >= 4 is 11.8 Å². The first-order valence-corrected chi connectivity index (χ1v) is 9.47. The quantitative estimate of drug-likeness (QED) is 0.509. The maximum absolute atomic E-state index is 12.2. The minimum atomic E-state index is -0.546. The fraction of sp³-hybridized carbons (Fsp3) is 0.778. The topological polar surface area (TPSA) is 100 Å². The number of amides is 2. The second kappa shape index (κ2) is 9.45. The summed E-state index contributed by atoms with van der Waals surface area (Å²) in [6.07, 6.45) is 6.19. The number of hydrogen-bond donors (Lipinski definition) is 3. The minimum absolute atomic E-state index is 0.0316. The molecule has 8 heteroatoms. The molecule has 146 valence electrons. The molecule has 0 aromatic heterocycles. The second-order valence-corrected chi connectivity index (χ2v) is 7.16. The Balaban J connectivity index is 1.45. The molecule has 3 N–H and O–H groups in total. The molecular formula is C18H29N3O5. The van der Waals surface area contributed by atoms with Gasteiger partial charge in [0, 0.05) is 19.1 Å². The van der Waals surface area contributed by atoms with E-state index in [0.29, 0.717) is 25.8 Å². The molecule has 3 atom stereocenters. The summed E-state index contributed by atoms with van der Waals surface area (Å²) < 4.78 is 11.1. The summed E-state index contributed by atoms with van der Waals surface area (Å²) in [5.74, 6) is -0.138. The molecule has 1 aliphatic carbocycles. The van der Waals surface area contributed by atoms with Crippen molar-refractivity contribution in [3.05, 3.63) is 12.2 Å². The van der Waals surface area contributed by atoms with E-state index >= 15 is 0 Å².